The Bertz CT molecular complexity index is 904. The molecule has 5 nitrogen and oxygen atoms in total. The third-order valence-electron chi connectivity index (χ3n) is 4.71. The first-order chi connectivity index (χ1) is 11.4. The van der Waals surface area contributed by atoms with Gasteiger partial charge >= 0.3 is 0 Å². The summed E-state index contributed by atoms with van der Waals surface area (Å²) in [5, 5.41) is 4.33. The summed E-state index contributed by atoms with van der Waals surface area (Å²) >= 11 is 0. The molecular weight excluding hydrogens is 300 g/mol. The van der Waals surface area contributed by atoms with Gasteiger partial charge in [0, 0.05) is 42.7 Å². The molecule has 3 heterocycles. The van der Waals surface area contributed by atoms with Crippen molar-refractivity contribution in [3.05, 3.63) is 53.6 Å². The lowest BCUT2D eigenvalue weighted by Gasteiger charge is -2.16. The summed E-state index contributed by atoms with van der Waals surface area (Å²) in [7, 11) is 1.97. The van der Waals surface area contributed by atoms with Gasteiger partial charge in [-0.25, -0.2) is 4.98 Å². The van der Waals surface area contributed by atoms with Gasteiger partial charge in [0.1, 0.15) is 17.2 Å². The maximum atomic E-state index is 5.97. The van der Waals surface area contributed by atoms with E-state index in [4.69, 9.17) is 4.74 Å². The van der Waals surface area contributed by atoms with Gasteiger partial charge in [-0.3, -0.25) is 4.68 Å². The lowest BCUT2D eigenvalue weighted by molar-refractivity contribution is 0.138. The van der Waals surface area contributed by atoms with Crippen molar-refractivity contribution in [1.82, 2.24) is 19.3 Å². The zero-order chi connectivity index (χ0) is 16.9. The van der Waals surface area contributed by atoms with E-state index in [9.17, 15) is 0 Å². The Morgan fingerprint density at radius 3 is 2.88 bits per heavy atom. The van der Waals surface area contributed by atoms with Crippen molar-refractivity contribution < 1.29 is 4.74 Å². The molecular formula is C19H22N4O. The topological polar surface area (TPSA) is 44.9 Å². The van der Waals surface area contributed by atoms with Crippen LogP contribution in [0.1, 0.15) is 30.7 Å². The van der Waals surface area contributed by atoms with E-state index in [1.54, 1.807) is 0 Å². The zero-order valence-electron chi connectivity index (χ0n) is 14.6. The number of fused-ring (bicyclic) bond motifs is 1. The summed E-state index contributed by atoms with van der Waals surface area (Å²) in [5.41, 5.74) is 4.65. The molecule has 3 aromatic rings. The van der Waals surface area contributed by atoms with Crippen molar-refractivity contribution in [2.24, 2.45) is 7.05 Å². The van der Waals surface area contributed by atoms with Crippen molar-refractivity contribution >= 4 is 0 Å². The van der Waals surface area contributed by atoms with Gasteiger partial charge in [0.2, 0.25) is 0 Å². The highest BCUT2D eigenvalue weighted by atomic mass is 16.5. The fourth-order valence-electron chi connectivity index (χ4n) is 3.33. The molecule has 0 atom stereocenters. The summed E-state index contributed by atoms with van der Waals surface area (Å²) in [5.74, 6) is 1.97. The Labute approximate surface area is 141 Å². The Hall–Kier alpha value is -2.56. The number of benzene rings is 1. The van der Waals surface area contributed by atoms with Gasteiger partial charge in [0.15, 0.2) is 0 Å². The summed E-state index contributed by atoms with van der Waals surface area (Å²) in [6, 6.07) is 6.36. The average molecular weight is 322 g/mol. The minimum absolute atomic E-state index is 0.122. The zero-order valence-corrected chi connectivity index (χ0v) is 14.6. The van der Waals surface area contributed by atoms with E-state index in [2.05, 4.69) is 53.6 Å². The van der Waals surface area contributed by atoms with Crippen LogP contribution in [0.3, 0.4) is 0 Å². The second-order valence-electron chi connectivity index (χ2n) is 7.12. The molecule has 2 aromatic heterocycles. The van der Waals surface area contributed by atoms with Crippen LogP contribution in [0.15, 0.2) is 36.8 Å². The second kappa shape index (κ2) is 5.23. The standard InChI is InChI=1S/C19H22N4O/c1-13-16(11-21-22(13)4)12-23-8-7-20-18(23)14-5-6-17-15(9-14)10-19(2,3)24-17/h5-9,11H,10,12H2,1-4H3. The van der Waals surface area contributed by atoms with Gasteiger partial charge in [0.05, 0.1) is 12.7 Å². The molecule has 0 amide bonds. The number of nitrogens with zero attached hydrogens (tertiary/aromatic N) is 4. The SMILES string of the molecule is Cc1c(Cn2ccnc2-c2ccc3c(c2)CC(C)(C)O3)cnn1C. The molecule has 0 saturated heterocycles. The molecule has 124 valence electrons. The van der Waals surface area contributed by atoms with Crippen molar-refractivity contribution in [3.8, 4) is 17.1 Å². The van der Waals surface area contributed by atoms with E-state index < -0.39 is 0 Å². The van der Waals surface area contributed by atoms with Crippen LogP contribution in [0.25, 0.3) is 11.4 Å². The molecule has 5 heteroatoms. The lowest BCUT2D eigenvalue weighted by Crippen LogP contribution is -2.24. The minimum Gasteiger partial charge on any atom is -0.487 e. The maximum Gasteiger partial charge on any atom is 0.140 e. The number of aromatic nitrogens is 4. The summed E-state index contributed by atoms with van der Waals surface area (Å²) in [4.78, 5) is 4.58. The number of hydrogen-bond acceptors (Lipinski definition) is 3. The smallest absolute Gasteiger partial charge is 0.140 e. The van der Waals surface area contributed by atoms with Gasteiger partial charge in [0.25, 0.3) is 0 Å². The van der Waals surface area contributed by atoms with Gasteiger partial charge < -0.3 is 9.30 Å². The van der Waals surface area contributed by atoms with Crippen LogP contribution in [-0.2, 0) is 20.0 Å². The number of imidazole rings is 1. The molecule has 0 spiro atoms. The fraction of sp³-hybridized carbons (Fsp3) is 0.368. The van der Waals surface area contributed by atoms with Crippen LogP contribution in [0.5, 0.6) is 5.75 Å². The van der Waals surface area contributed by atoms with Crippen molar-refractivity contribution in [2.45, 2.75) is 39.3 Å². The fourth-order valence-corrected chi connectivity index (χ4v) is 3.33. The lowest BCUT2D eigenvalue weighted by atomic mass is 10.00. The monoisotopic (exact) mass is 322 g/mol. The molecule has 0 bridgehead atoms. The van der Waals surface area contributed by atoms with Gasteiger partial charge in [-0.1, -0.05) is 0 Å². The van der Waals surface area contributed by atoms with Crippen LogP contribution in [-0.4, -0.2) is 24.9 Å². The maximum absolute atomic E-state index is 5.97. The van der Waals surface area contributed by atoms with E-state index in [-0.39, 0.29) is 5.60 Å². The van der Waals surface area contributed by atoms with Crippen molar-refractivity contribution in [3.63, 3.8) is 0 Å². The first-order valence-corrected chi connectivity index (χ1v) is 8.24. The molecule has 4 rings (SSSR count). The molecule has 0 fully saturated rings. The summed E-state index contributed by atoms with van der Waals surface area (Å²) in [6.07, 6.45) is 6.74. The molecule has 0 aliphatic carbocycles. The Morgan fingerprint density at radius 1 is 1.29 bits per heavy atom. The Balaban J connectivity index is 1.67. The molecule has 0 saturated carbocycles. The number of aryl methyl sites for hydroxylation is 1. The molecule has 24 heavy (non-hydrogen) atoms. The minimum atomic E-state index is -0.122. The molecule has 0 N–H and O–H groups in total. The van der Waals surface area contributed by atoms with E-state index in [1.807, 2.05) is 30.3 Å². The molecule has 0 radical (unpaired) electrons. The van der Waals surface area contributed by atoms with E-state index >= 15 is 0 Å². The Morgan fingerprint density at radius 2 is 2.12 bits per heavy atom. The predicted molar refractivity (Wildman–Crippen MR) is 93.1 cm³/mol. The second-order valence-corrected chi connectivity index (χ2v) is 7.12. The van der Waals surface area contributed by atoms with Gasteiger partial charge in [-0.05, 0) is 44.5 Å². The van der Waals surface area contributed by atoms with E-state index in [1.165, 1.54) is 16.8 Å². The van der Waals surface area contributed by atoms with Crippen LogP contribution in [0.4, 0.5) is 0 Å². The third kappa shape index (κ3) is 2.50. The van der Waals surface area contributed by atoms with Crippen molar-refractivity contribution in [1.29, 1.82) is 0 Å². The number of ether oxygens (including phenoxy) is 1. The van der Waals surface area contributed by atoms with Gasteiger partial charge in [-0.2, -0.15) is 5.10 Å². The Kier molecular flexibility index (Phi) is 3.27. The highest BCUT2D eigenvalue weighted by Crippen LogP contribution is 2.37. The number of hydrogen-bond donors (Lipinski definition) is 0. The predicted octanol–water partition coefficient (Wildman–Crippen LogP) is 3.35. The first-order valence-electron chi connectivity index (χ1n) is 8.24. The normalized spacial score (nSPS) is 15.3. The van der Waals surface area contributed by atoms with E-state index in [0.717, 1.165) is 30.1 Å². The molecule has 1 aliphatic rings. The number of rotatable bonds is 3. The highest BCUT2D eigenvalue weighted by Gasteiger charge is 2.30. The van der Waals surface area contributed by atoms with Crippen LogP contribution in [0.2, 0.25) is 0 Å². The van der Waals surface area contributed by atoms with Crippen molar-refractivity contribution in [2.75, 3.05) is 0 Å². The third-order valence-corrected chi connectivity index (χ3v) is 4.71. The largest absolute Gasteiger partial charge is 0.487 e. The summed E-state index contributed by atoms with van der Waals surface area (Å²) in [6.45, 7) is 7.11. The van der Waals surface area contributed by atoms with Crippen LogP contribution >= 0.6 is 0 Å². The van der Waals surface area contributed by atoms with Crippen LogP contribution in [0, 0.1) is 6.92 Å². The van der Waals surface area contributed by atoms with E-state index in [0.29, 0.717) is 0 Å². The molecule has 1 aliphatic heterocycles. The first kappa shape index (κ1) is 15.0. The molecule has 1 aromatic carbocycles. The molecule has 0 unspecified atom stereocenters. The van der Waals surface area contributed by atoms with Crippen LogP contribution < -0.4 is 4.74 Å². The van der Waals surface area contributed by atoms with Gasteiger partial charge in [-0.15, -0.1) is 0 Å². The highest BCUT2D eigenvalue weighted by molar-refractivity contribution is 5.60. The quantitative estimate of drug-likeness (QED) is 0.743. The summed E-state index contributed by atoms with van der Waals surface area (Å²) < 4.78 is 10.0. The average Bonchev–Trinajstić information content (AvgIpc) is 3.19.